The maximum Gasteiger partial charge on any atom is 0.338 e. The molecule has 5 nitrogen and oxygen atoms in total. The number of amides is 1. The number of carbonyl (C=O) groups is 3. The maximum absolute atomic E-state index is 12.8. The summed E-state index contributed by atoms with van der Waals surface area (Å²) in [6.07, 6.45) is 0. The largest absolute Gasteiger partial charge is 0.454 e. The number of nitrogens with one attached hydrogen (secondary N) is 1. The van der Waals surface area contributed by atoms with Gasteiger partial charge in [-0.3, -0.25) is 9.59 Å². The molecule has 1 amide bonds. The molecule has 0 saturated heterocycles. The lowest BCUT2D eigenvalue weighted by molar-refractivity contribution is -0.114. The number of ether oxygens (including phenoxy) is 1. The van der Waals surface area contributed by atoms with E-state index in [9.17, 15) is 18.8 Å². The van der Waals surface area contributed by atoms with Crippen molar-refractivity contribution in [2.75, 3.05) is 11.9 Å². The fourth-order valence-electron chi connectivity index (χ4n) is 1.86. The number of anilines is 1. The first kappa shape index (κ1) is 16.4. The second kappa shape index (κ2) is 7.31. The Kier molecular flexibility index (Phi) is 5.19. The van der Waals surface area contributed by atoms with E-state index in [1.54, 1.807) is 12.1 Å². The number of Topliss-reactive ketones (excluding diaryl/α,β-unsaturated/α-hetero) is 1. The molecular weight excluding hydrogens is 301 g/mol. The third-order valence-corrected chi connectivity index (χ3v) is 2.92. The Morgan fingerprint density at radius 3 is 2.39 bits per heavy atom. The first-order valence-corrected chi connectivity index (χ1v) is 6.79. The predicted octanol–water partition coefficient (Wildman–Crippen LogP) is 2.82. The molecule has 0 aliphatic rings. The van der Waals surface area contributed by atoms with Crippen molar-refractivity contribution in [1.82, 2.24) is 0 Å². The van der Waals surface area contributed by atoms with Crippen LogP contribution >= 0.6 is 0 Å². The predicted molar refractivity (Wildman–Crippen MR) is 81.8 cm³/mol. The summed E-state index contributed by atoms with van der Waals surface area (Å²) in [5.41, 5.74) is 0.922. The molecule has 1 N–H and O–H groups in total. The van der Waals surface area contributed by atoms with Gasteiger partial charge >= 0.3 is 5.97 Å². The number of hydrogen-bond acceptors (Lipinski definition) is 4. The van der Waals surface area contributed by atoms with Gasteiger partial charge in [-0.05, 0) is 42.5 Å². The van der Waals surface area contributed by atoms with Gasteiger partial charge in [0.1, 0.15) is 5.82 Å². The van der Waals surface area contributed by atoms with Gasteiger partial charge in [-0.2, -0.15) is 0 Å². The highest BCUT2D eigenvalue weighted by molar-refractivity contribution is 5.99. The second-order valence-electron chi connectivity index (χ2n) is 4.77. The summed E-state index contributed by atoms with van der Waals surface area (Å²) in [7, 11) is 0. The van der Waals surface area contributed by atoms with E-state index in [0.29, 0.717) is 5.69 Å². The Labute approximate surface area is 132 Å². The number of benzene rings is 2. The number of carbonyl (C=O) groups excluding carboxylic acids is 3. The van der Waals surface area contributed by atoms with Gasteiger partial charge < -0.3 is 10.1 Å². The third kappa shape index (κ3) is 4.74. The van der Waals surface area contributed by atoms with Crippen LogP contribution in [0, 0.1) is 5.82 Å². The van der Waals surface area contributed by atoms with Crippen LogP contribution in [0.2, 0.25) is 0 Å². The van der Waals surface area contributed by atoms with E-state index in [0.717, 1.165) is 12.1 Å². The molecule has 0 aliphatic heterocycles. The lowest BCUT2D eigenvalue weighted by Gasteiger charge is -2.06. The zero-order valence-electron chi connectivity index (χ0n) is 12.3. The molecule has 118 valence electrons. The Balaban J connectivity index is 1.98. The van der Waals surface area contributed by atoms with Gasteiger partial charge in [0.25, 0.3) is 0 Å². The van der Waals surface area contributed by atoms with E-state index in [-0.39, 0.29) is 17.0 Å². The smallest absolute Gasteiger partial charge is 0.338 e. The molecule has 2 rings (SSSR count). The summed E-state index contributed by atoms with van der Waals surface area (Å²) in [6.45, 7) is 0.904. The highest BCUT2D eigenvalue weighted by Gasteiger charge is 2.12. The first-order chi connectivity index (χ1) is 11.0. The molecule has 0 radical (unpaired) electrons. The molecule has 0 unspecified atom stereocenters. The average molecular weight is 315 g/mol. The summed E-state index contributed by atoms with van der Waals surface area (Å²) in [6, 6.07) is 11.1. The molecule has 2 aromatic rings. The number of hydrogen-bond donors (Lipinski definition) is 1. The molecule has 6 heteroatoms. The molecule has 2 aromatic carbocycles. The van der Waals surface area contributed by atoms with Gasteiger partial charge in [0.2, 0.25) is 5.91 Å². The quantitative estimate of drug-likeness (QED) is 0.680. The molecule has 0 fully saturated rings. The van der Waals surface area contributed by atoms with Crippen LogP contribution in [0.25, 0.3) is 0 Å². The van der Waals surface area contributed by atoms with Crippen LogP contribution in [0.1, 0.15) is 27.6 Å². The van der Waals surface area contributed by atoms with Crippen molar-refractivity contribution in [2.45, 2.75) is 6.92 Å². The zero-order chi connectivity index (χ0) is 16.8. The summed E-state index contributed by atoms with van der Waals surface area (Å²) < 4.78 is 17.7. The Hall–Kier alpha value is -3.02. The fourth-order valence-corrected chi connectivity index (χ4v) is 1.86. The number of halogens is 1. The van der Waals surface area contributed by atoms with Gasteiger partial charge in [-0.15, -0.1) is 0 Å². The van der Waals surface area contributed by atoms with Crippen LogP contribution in [0.5, 0.6) is 0 Å². The monoisotopic (exact) mass is 315 g/mol. The molecule has 0 saturated carbocycles. The molecule has 0 aliphatic carbocycles. The van der Waals surface area contributed by atoms with E-state index in [1.807, 2.05) is 0 Å². The van der Waals surface area contributed by atoms with Crippen LogP contribution in [-0.4, -0.2) is 24.3 Å². The summed E-state index contributed by atoms with van der Waals surface area (Å²) in [5, 5.41) is 2.55. The Morgan fingerprint density at radius 1 is 1.04 bits per heavy atom. The SMILES string of the molecule is CC(=O)Nc1cccc(C(=O)OCC(=O)c2ccc(F)cc2)c1. The number of rotatable bonds is 5. The normalized spacial score (nSPS) is 10.0. The molecule has 0 bridgehead atoms. The third-order valence-electron chi connectivity index (χ3n) is 2.92. The summed E-state index contributed by atoms with van der Waals surface area (Å²) in [5.74, 6) is -1.83. The lowest BCUT2D eigenvalue weighted by atomic mass is 10.1. The summed E-state index contributed by atoms with van der Waals surface area (Å²) >= 11 is 0. The molecular formula is C17H14FNO4. The fraction of sp³-hybridized carbons (Fsp3) is 0.118. The molecule has 0 spiro atoms. The van der Waals surface area contributed by atoms with Gasteiger partial charge in [-0.1, -0.05) is 6.07 Å². The average Bonchev–Trinajstić information content (AvgIpc) is 2.52. The van der Waals surface area contributed by atoms with Crippen LogP contribution < -0.4 is 5.32 Å². The molecule has 0 heterocycles. The van der Waals surface area contributed by atoms with Gasteiger partial charge in [0.05, 0.1) is 5.56 Å². The van der Waals surface area contributed by atoms with E-state index >= 15 is 0 Å². The van der Waals surface area contributed by atoms with Gasteiger partial charge in [-0.25, -0.2) is 9.18 Å². The minimum absolute atomic E-state index is 0.211. The van der Waals surface area contributed by atoms with Crippen molar-refractivity contribution in [3.63, 3.8) is 0 Å². The van der Waals surface area contributed by atoms with Crippen molar-refractivity contribution in [3.8, 4) is 0 Å². The van der Waals surface area contributed by atoms with Crippen LogP contribution in [0.4, 0.5) is 10.1 Å². The van der Waals surface area contributed by atoms with E-state index in [1.165, 1.54) is 31.2 Å². The maximum atomic E-state index is 12.8. The van der Waals surface area contributed by atoms with Crippen molar-refractivity contribution < 1.29 is 23.5 Å². The van der Waals surface area contributed by atoms with Crippen LogP contribution in [0.15, 0.2) is 48.5 Å². The standard InChI is InChI=1S/C17H14FNO4/c1-11(20)19-15-4-2-3-13(9-15)17(22)23-10-16(21)12-5-7-14(18)8-6-12/h2-9H,10H2,1H3,(H,19,20). The zero-order valence-corrected chi connectivity index (χ0v) is 12.3. The summed E-state index contributed by atoms with van der Waals surface area (Å²) in [4.78, 5) is 34.8. The second-order valence-corrected chi connectivity index (χ2v) is 4.77. The first-order valence-electron chi connectivity index (χ1n) is 6.79. The van der Waals surface area contributed by atoms with Gasteiger partial charge in [0, 0.05) is 18.2 Å². The Morgan fingerprint density at radius 2 is 1.74 bits per heavy atom. The minimum atomic E-state index is -0.687. The minimum Gasteiger partial charge on any atom is -0.454 e. The van der Waals surface area contributed by atoms with Crippen molar-refractivity contribution >= 4 is 23.3 Å². The molecule has 23 heavy (non-hydrogen) atoms. The van der Waals surface area contributed by atoms with E-state index in [4.69, 9.17) is 4.74 Å². The highest BCUT2D eigenvalue weighted by atomic mass is 19.1. The van der Waals surface area contributed by atoms with E-state index in [2.05, 4.69) is 5.32 Å². The number of esters is 1. The van der Waals surface area contributed by atoms with Crippen molar-refractivity contribution in [1.29, 1.82) is 0 Å². The van der Waals surface area contributed by atoms with Crippen molar-refractivity contribution in [3.05, 3.63) is 65.5 Å². The molecule has 0 aromatic heterocycles. The van der Waals surface area contributed by atoms with Crippen LogP contribution in [0.3, 0.4) is 0 Å². The molecule has 0 atom stereocenters. The Bertz CT molecular complexity index is 741. The van der Waals surface area contributed by atoms with Crippen molar-refractivity contribution in [2.24, 2.45) is 0 Å². The number of ketones is 1. The topological polar surface area (TPSA) is 72.5 Å². The van der Waals surface area contributed by atoms with Crippen LogP contribution in [-0.2, 0) is 9.53 Å². The van der Waals surface area contributed by atoms with E-state index < -0.39 is 24.2 Å². The van der Waals surface area contributed by atoms with Gasteiger partial charge in [0.15, 0.2) is 12.4 Å². The lowest BCUT2D eigenvalue weighted by Crippen LogP contribution is -2.14. The highest BCUT2D eigenvalue weighted by Crippen LogP contribution is 2.12.